The van der Waals surface area contributed by atoms with Gasteiger partial charge in [0.15, 0.2) is 5.78 Å². The Kier molecular flexibility index (Phi) is 4.06. The Morgan fingerprint density at radius 3 is 2.41 bits per heavy atom. The number of fused-ring (bicyclic) bond motifs is 2. The van der Waals surface area contributed by atoms with E-state index >= 15 is 0 Å². The third kappa shape index (κ3) is 3.35. The van der Waals surface area contributed by atoms with E-state index in [4.69, 9.17) is 9.72 Å². The predicted molar refractivity (Wildman–Crippen MR) is 105 cm³/mol. The van der Waals surface area contributed by atoms with E-state index in [1.54, 1.807) is 0 Å². The molecule has 0 saturated carbocycles. The first kappa shape index (κ1) is 17.4. The molecule has 0 radical (unpaired) electrons. The first-order valence-corrected chi connectivity index (χ1v) is 9.07. The molecule has 0 N–H and O–H groups in total. The van der Waals surface area contributed by atoms with Crippen LogP contribution in [0.5, 0.6) is 5.75 Å². The van der Waals surface area contributed by atoms with Crippen molar-refractivity contribution in [2.45, 2.75) is 33.6 Å². The van der Waals surface area contributed by atoms with Crippen LogP contribution >= 0.6 is 0 Å². The topological polar surface area (TPSA) is 56.3 Å². The second-order valence-corrected chi connectivity index (χ2v) is 7.92. The van der Waals surface area contributed by atoms with Gasteiger partial charge in [0, 0.05) is 24.5 Å². The molecule has 4 rings (SSSR count). The first-order valence-electron chi connectivity index (χ1n) is 9.07. The number of hydrogen-bond acceptors (Lipinski definition) is 4. The van der Waals surface area contributed by atoms with Crippen molar-refractivity contribution in [3.63, 3.8) is 0 Å². The fourth-order valence-corrected chi connectivity index (χ4v) is 3.74. The summed E-state index contributed by atoms with van der Waals surface area (Å²) in [6.45, 7) is 5.56. The van der Waals surface area contributed by atoms with Crippen LogP contribution in [0.2, 0.25) is 0 Å². The van der Waals surface area contributed by atoms with E-state index in [2.05, 4.69) is 13.8 Å². The van der Waals surface area contributed by atoms with E-state index in [1.165, 1.54) is 6.92 Å². The van der Waals surface area contributed by atoms with Gasteiger partial charge in [-0.15, -0.1) is 0 Å². The molecule has 0 bridgehead atoms. The molecule has 1 heterocycles. The van der Waals surface area contributed by atoms with Crippen LogP contribution in [0, 0.1) is 5.41 Å². The number of carbonyl (C=O) groups is 2. The van der Waals surface area contributed by atoms with Crippen LogP contribution in [0.25, 0.3) is 22.0 Å². The van der Waals surface area contributed by atoms with Gasteiger partial charge in [0.05, 0.1) is 11.4 Å². The van der Waals surface area contributed by atoms with Crippen molar-refractivity contribution in [3.8, 4) is 17.0 Å². The van der Waals surface area contributed by atoms with Crippen LogP contribution in [0.15, 0.2) is 48.5 Å². The number of aromatic nitrogens is 1. The van der Waals surface area contributed by atoms with Gasteiger partial charge in [-0.1, -0.05) is 38.1 Å². The van der Waals surface area contributed by atoms with Crippen LogP contribution in [-0.2, 0) is 11.2 Å². The van der Waals surface area contributed by atoms with Gasteiger partial charge in [-0.2, -0.15) is 0 Å². The quantitative estimate of drug-likeness (QED) is 0.478. The molecule has 3 aromatic rings. The lowest BCUT2D eigenvalue weighted by atomic mass is 9.75. The van der Waals surface area contributed by atoms with E-state index in [0.717, 1.165) is 28.5 Å². The molecular weight excluding hydrogens is 338 g/mol. The molecule has 4 nitrogen and oxygen atoms in total. The molecule has 0 aliphatic heterocycles. The van der Waals surface area contributed by atoms with Crippen LogP contribution in [0.3, 0.4) is 0 Å². The molecule has 4 heteroatoms. The number of rotatable bonds is 2. The van der Waals surface area contributed by atoms with Gasteiger partial charge in [0.25, 0.3) is 0 Å². The maximum Gasteiger partial charge on any atom is 0.308 e. The Bertz CT molecular complexity index is 1080. The number of nitrogens with zero attached hydrogens (tertiary/aromatic N) is 1. The Morgan fingerprint density at radius 1 is 1.00 bits per heavy atom. The molecule has 0 atom stereocenters. The van der Waals surface area contributed by atoms with Crippen molar-refractivity contribution in [2.75, 3.05) is 0 Å². The van der Waals surface area contributed by atoms with Crippen molar-refractivity contribution < 1.29 is 14.3 Å². The van der Waals surface area contributed by atoms with Crippen LogP contribution < -0.4 is 4.74 Å². The molecule has 1 aliphatic carbocycles. The second-order valence-electron chi connectivity index (χ2n) is 7.92. The lowest BCUT2D eigenvalue weighted by Gasteiger charge is -2.29. The molecule has 136 valence electrons. The monoisotopic (exact) mass is 359 g/mol. The molecule has 0 fully saturated rings. The fraction of sp³-hybridized carbons (Fsp3) is 0.261. The van der Waals surface area contributed by atoms with E-state index in [1.807, 2.05) is 48.5 Å². The zero-order valence-corrected chi connectivity index (χ0v) is 15.7. The van der Waals surface area contributed by atoms with Crippen molar-refractivity contribution in [3.05, 3.63) is 59.8 Å². The first-order chi connectivity index (χ1) is 12.8. The van der Waals surface area contributed by atoms with Crippen molar-refractivity contribution in [1.82, 2.24) is 4.98 Å². The summed E-state index contributed by atoms with van der Waals surface area (Å²) < 4.78 is 5.47. The lowest BCUT2D eigenvalue weighted by molar-refractivity contribution is -0.131. The number of esters is 1. The molecule has 1 aromatic heterocycles. The van der Waals surface area contributed by atoms with E-state index in [9.17, 15) is 9.59 Å². The third-order valence-corrected chi connectivity index (χ3v) is 4.94. The molecule has 0 unspecified atom stereocenters. The van der Waals surface area contributed by atoms with E-state index in [-0.39, 0.29) is 17.2 Å². The number of pyridine rings is 1. The van der Waals surface area contributed by atoms with Gasteiger partial charge in [-0.05, 0) is 46.9 Å². The van der Waals surface area contributed by atoms with Gasteiger partial charge in [-0.3, -0.25) is 14.6 Å². The average Bonchev–Trinajstić information content (AvgIpc) is 2.59. The molecular formula is C23H21NO3. The zero-order chi connectivity index (χ0) is 19.2. The summed E-state index contributed by atoms with van der Waals surface area (Å²) >= 11 is 0. The molecule has 1 aliphatic rings. The molecule has 27 heavy (non-hydrogen) atoms. The molecule has 0 saturated heterocycles. The van der Waals surface area contributed by atoms with Gasteiger partial charge in [-0.25, -0.2) is 0 Å². The number of hydrogen-bond donors (Lipinski definition) is 0. The van der Waals surface area contributed by atoms with Crippen LogP contribution in [0.4, 0.5) is 0 Å². The number of benzene rings is 2. The number of ether oxygens (including phenoxy) is 1. The Balaban J connectivity index is 1.89. The number of Topliss-reactive ketones (excluding diaryl/α,β-unsaturated/α-hetero) is 1. The smallest absolute Gasteiger partial charge is 0.308 e. The van der Waals surface area contributed by atoms with E-state index < -0.39 is 0 Å². The van der Waals surface area contributed by atoms with Gasteiger partial charge >= 0.3 is 5.97 Å². The highest BCUT2D eigenvalue weighted by molar-refractivity contribution is 5.99. The molecule has 2 aromatic carbocycles. The summed E-state index contributed by atoms with van der Waals surface area (Å²) in [5.74, 6) is 0.245. The van der Waals surface area contributed by atoms with Crippen molar-refractivity contribution in [1.29, 1.82) is 0 Å². The fourth-order valence-electron chi connectivity index (χ4n) is 3.74. The highest BCUT2D eigenvalue weighted by Crippen LogP contribution is 2.37. The standard InChI is InChI=1S/C23H21NO3/c1-14(25)27-22-11-16-7-5-4-6-15(16)10-18(22)19-9-8-17-20(24-19)12-23(2,3)13-21(17)26/h4-11H,12-13H2,1-3H3. The van der Waals surface area contributed by atoms with Crippen LogP contribution in [0.1, 0.15) is 43.2 Å². The molecule has 0 spiro atoms. The summed E-state index contributed by atoms with van der Waals surface area (Å²) in [5.41, 5.74) is 2.88. The highest BCUT2D eigenvalue weighted by atomic mass is 16.5. The van der Waals surface area contributed by atoms with Gasteiger partial charge in [0.1, 0.15) is 5.75 Å². The minimum absolute atomic E-state index is 0.0994. The van der Waals surface area contributed by atoms with Crippen molar-refractivity contribution in [2.24, 2.45) is 5.41 Å². The minimum Gasteiger partial charge on any atom is -0.426 e. The Labute approximate surface area is 158 Å². The molecule has 0 amide bonds. The maximum atomic E-state index is 12.4. The summed E-state index contributed by atoms with van der Waals surface area (Å²) in [4.78, 5) is 28.8. The zero-order valence-electron chi connectivity index (χ0n) is 15.7. The average molecular weight is 359 g/mol. The predicted octanol–water partition coefficient (Wildman–Crippen LogP) is 4.98. The highest BCUT2D eigenvalue weighted by Gasteiger charge is 2.32. The SMILES string of the molecule is CC(=O)Oc1cc2ccccc2cc1-c1ccc2c(n1)CC(C)(C)CC2=O. The maximum absolute atomic E-state index is 12.4. The Morgan fingerprint density at radius 2 is 1.70 bits per heavy atom. The summed E-state index contributed by atoms with van der Waals surface area (Å²) in [5, 5.41) is 2.03. The van der Waals surface area contributed by atoms with Gasteiger partial charge < -0.3 is 4.74 Å². The number of ketones is 1. The van der Waals surface area contributed by atoms with Crippen molar-refractivity contribution >= 4 is 22.5 Å². The number of carbonyl (C=O) groups excluding carboxylic acids is 2. The second kappa shape index (κ2) is 6.31. The summed E-state index contributed by atoms with van der Waals surface area (Å²) in [7, 11) is 0. The lowest BCUT2D eigenvalue weighted by Crippen LogP contribution is -2.27. The normalized spacial score (nSPS) is 15.4. The third-order valence-electron chi connectivity index (χ3n) is 4.94. The Hall–Kier alpha value is -3.01. The minimum atomic E-state index is -0.374. The van der Waals surface area contributed by atoms with Gasteiger partial charge in [0.2, 0.25) is 0 Å². The van der Waals surface area contributed by atoms with Crippen LogP contribution in [-0.4, -0.2) is 16.7 Å². The van der Waals surface area contributed by atoms with E-state index in [0.29, 0.717) is 23.4 Å². The summed E-state index contributed by atoms with van der Waals surface area (Å²) in [6.07, 6.45) is 1.29. The largest absolute Gasteiger partial charge is 0.426 e. The summed E-state index contributed by atoms with van der Waals surface area (Å²) in [6, 6.07) is 15.5.